The number of anilines is 1. The van der Waals surface area contributed by atoms with Gasteiger partial charge in [0.2, 0.25) is 11.8 Å². The number of hydrogen-bond acceptors (Lipinski definition) is 6. The molecule has 0 saturated heterocycles. The van der Waals surface area contributed by atoms with Gasteiger partial charge in [-0.1, -0.05) is 62.7 Å². The third-order valence-electron chi connectivity index (χ3n) is 7.08. The van der Waals surface area contributed by atoms with Crippen molar-refractivity contribution in [3.63, 3.8) is 0 Å². The third-order valence-corrected chi connectivity index (χ3v) is 8.85. The highest BCUT2D eigenvalue weighted by Crippen LogP contribution is 2.32. The number of ether oxygens (including phenoxy) is 2. The van der Waals surface area contributed by atoms with Crippen LogP contribution in [0.2, 0.25) is 0 Å². The lowest BCUT2D eigenvalue weighted by molar-refractivity contribution is -0.140. The van der Waals surface area contributed by atoms with Crippen LogP contribution in [0.5, 0.6) is 11.5 Å². The van der Waals surface area contributed by atoms with Gasteiger partial charge in [-0.3, -0.25) is 13.9 Å². The number of nitrogens with zero attached hydrogens (tertiary/aromatic N) is 2. The molecule has 2 amide bonds. The molecule has 0 spiro atoms. The SMILES string of the molecule is CCCCNC(=O)C(CC)N(Cc1ccccc1C)C(=O)CN(c1ccccc1)S(=O)(=O)c1ccc(OC)c(OC)c1. The Morgan fingerprint density at radius 2 is 1.57 bits per heavy atom. The lowest BCUT2D eigenvalue weighted by Crippen LogP contribution is -2.52. The summed E-state index contributed by atoms with van der Waals surface area (Å²) in [4.78, 5) is 28.9. The first-order chi connectivity index (χ1) is 20.2. The molecule has 3 aromatic rings. The van der Waals surface area contributed by atoms with Crippen molar-refractivity contribution >= 4 is 27.5 Å². The Labute approximate surface area is 249 Å². The molecule has 0 aliphatic heterocycles. The summed E-state index contributed by atoms with van der Waals surface area (Å²) in [6.07, 6.45) is 2.10. The summed E-state index contributed by atoms with van der Waals surface area (Å²) in [5, 5.41) is 2.94. The van der Waals surface area contributed by atoms with Crippen LogP contribution in [0.1, 0.15) is 44.2 Å². The fourth-order valence-electron chi connectivity index (χ4n) is 4.62. The Balaban J connectivity index is 2.06. The molecule has 0 aliphatic rings. The monoisotopic (exact) mass is 595 g/mol. The van der Waals surface area contributed by atoms with Gasteiger partial charge in [-0.2, -0.15) is 0 Å². The molecule has 3 aromatic carbocycles. The van der Waals surface area contributed by atoms with Gasteiger partial charge in [-0.05, 0) is 55.2 Å². The molecular formula is C32H41N3O6S. The van der Waals surface area contributed by atoms with Gasteiger partial charge >= 0.3 is 0 Å². The number of sulfonamides is 1. The number of carbonyl (C=O) groups is 2. The van der Waals surface area contributed by atoms with Crippen molar-refractivity contribution in [3.05, 3.63) is 83.9 Å². The van der Waals surface area contributed by atoms with E-state index in [0.29, 0.717) is 24.4 Å². The molecule has 0 bridgehead atoms. The normalized spacial score (nSPS) is 11.8. The van der Waals surface area contributed by atoms with E-state index in [-0.39, 0.29) is 23.1 Å². The van der Waals surface area contributed by atoms with E-state index in [2.05, 4.69) is 5.32 Å². The number of carbonyl (C=O) groups excluding carboxylic acids is 2. The maximum atomic E-state index is 14.2. The summed E-state index contributed by atoms with van der Waals surface area (Å²) in [7, 11) is -1.35. The highest BCUT2D eigenvalue weighted by Gasteiger charge is 2.34. The molecule has 0 heterocycles. The number of unbranched alkanes of at least 4 members (excludes halogenated alkanes) is 1. The number of methoxy groups -OCH3 is 2. The minimum absolute atomic E-state index is 0.0633. The highest BCUT2D eigenvalue weighted by molar-refractivity contribution is 7.92. The van der Waals surface area contributed by atoms with Crippen LogP contribution in [0.3, 0.4) is 0 Å². The number of amides is 2. The van der Waals surface area contributed by atoms with Gasteiger partial charge in [-0.15, -0.1) is 0 Å². The third kappa shape index (κ3) is 7.82. The van der Waals surface area contributed by atoms with E-state index in [1.54, 1.807) is 30.3 Å². The highest BCUT2D eigenvalue weighted by atomic mass is 32.2. The van der Waals surface area contributed by atoms with Crippen LogP contribution in [-0.4, -0.2) is 58.5 Å². The molecule has 10 heteroatoms. The summed E-state index contributed by atoms with van der Waals surface area (Å²) < 4.78 is 39.9. The number of hydrogen-bond donors (Lipinski definition) is 1. The molecule has 42 heavy (non-hydrogen) atoms. The van der Waals surface area contributed by atoms with E-state index in [1.807, 2.05) is 45.0 Å². The molecular weight excluding hydrogens is 554 g/mol. The first-order valence-electron chi connectivity index (χ1n) is 14.1. The number of aryl methyl sites for hydroxylation is 1. The van der Waals surface area contributed by atoms with Crippen LogP contribution in [0.15, 0.2) is 77.7 Å². The van der Waals surface area contributed by atoms with Gasteiger partial charge in [-0.25, -0.2) is 8.42 Å². The standard InChI is InChI=1S/C32H41N3O6S/c1-6-8-20-33-32(37)28(7-2)34(22-25-15-13-12-14-24(25)3)31(36)23-35(26-16-10-9-11-17-26)42(38,39)27-18-19-29(40-4)30(21-27)41-5/h9-19,21,28H,6-8,20,22-23H2,1-5H3,(H,33,37). The molecule has 1 atom stereocenters. The largest absolute Gasteiger partial charge is 0.493 e. The second-order valence-electron chi connectivity index (χ2n) is 9.88. The molecule has 0 aliphatic carbocycles. The van der Waals surface area contributed by atoms with Gasteiger partial charge < -0.3 is 19.7 Å². The van der Waals surface area contributed by atoms with E-state index < -0.39 is 28.5 Å². The van der Waals surface area contributed by atoms with Crippen LogP contribution in [0.25, 0.3) is 0 Å². The average Bonchev–Trinajstić information content (AvgIpc) is 3.00. The first kappa shape index (κ1) is 32.5. The van der Waals surface area contributed by atoms with Crippen LogP contribution >= 0.6 is 0 Å². The van der Waals surface area contributed by atoms with Gasteiger partial charge in [0.05, 0.1) is 24.8 Å². The molecule has 1 unspecified atom stereocenters. The summed E-state index contributed by atoms with van der Waals surface area (Å²) >= 11 is 0. The molecule has 0 saturated carbocycles. The maximum absolute atomic E-state index is 14.2. The van der Waals surface area contributed by atoms with Crippen LogP contribution < -0.4 is 19.1 Å². The zero-order valence-corrected chi connectivity index (χ0v) is 25.8. The predicted molar refractivity (Wildman–Crippen MR) is 164 cm³/mol. The Hall–Kier alpha value is -4.05. The number of rotatable bonds is 15. The lowest BCUT2D eigenvalue weighted by Gasteiger charge is -2.33. The summed E-state index contributed by atoms with van der Waals surface area (Å²) in [6.45, 7) is 5.97. The van der Waals surface area contributed by atoms with Crippen molar-refractivity contribution in [2.45, 2.75) is 57.5 Å². The molecule has 9 nitrogen and oxygen atoms in total. The fourth-order valence-corrected chi connectivity index (χ4v) is 6.05. The smallest absolute Gasteiger partial charge is 0.264 e. The van der Waals surface area contributed by atoms with Crippen LogP contribution in [0.4, 0.5) is 5.69 Å². The Bertz CT molecular complexity index is 1450. The van der Waals surface area contributed by atoms with Gasteiger partial charge in [0, 0.05) is 19.2 Å². The van der Waals surface area contributed by atoms with E-state index in [4.69, 9.17) is 9.47 Å². The summed E-state index contributed by atoms with van der Waals surface area (Å²) in [5.41, 5.74) is 2.16. The Kier molecular flexibility index (Phi) is 11.8. The number of nitrogens with one attached hydrogen (secondary N) is 1. The van der Waals surface area contributed by atoms with Crippen molar-refractivity contribution in [2.24, 2.45) is 0 Å². The van der Waals surface area contributed by atoms with Crippen molar-refractivity contribution < 1.29 is 27.5 Å². The lowest BCUT2D eigenvalue weighted by atomic mass is 10.1. The maximum Gasteiger partial charge on any atom is 0.264 e. The number of para-hydroxylation sites is 1. The van der Waals surface area contributed by atoms with Gasteiger partial charge in [0.1, 0.15) is 12.6 Å². The van der Waals surface area contributed by atoms with Crippen molar-refractivity contribution in [3.8, 4) is 11.5 Å². The second kappa shape index (κ2) is 15.3. The summed E-state index contributed by atoms with van der Waals surface area (Å²) in [5.74, 6) is -0.137. The molecule has 1 N–H and O–H groups in total. The van der Waals surface area contributed by atoms with Crippen molar-refractivity contribution in [2.75, 3.05) is 31.6 Å². The van der Waals surface area contributed by atoms with E-state index in [0.717, 1.165) is 28.3 Å². The topological polar surface area (TPSA) is 105 Å². The molecule has 0 radical (unpaired) electrons. The fraction of sp³-hybridized carbons (Fsp3) is 0.375. The molecule has 3 rings (SSSR count). The van der Waals surface area contributed by atoms with Crippen molar-refractivity contribution in [1.82, 2.24) is 10.2 Å². The number of benzene rings is 3. The average molecular weight is 596 g/mol. The van der Waals surface area contributed by atoms with E-state index in [9.17, 15) is 18.0 Å². The van der Waals surface area contributed by atoms with E-state index in [1.165, 1.54) is 37.3 Å². The van der Waals surface area contributed by atoms with Crippen LogP contribution in [-0.2, 0) is 26.2 Å². The van der Waals surface area contributed by atoms with Crippen LogP contribution in [0, 0.1) is 6.92 Å². The minimum Gasteiger partial charge on any atom is -0.493 e. The Morgan fingerprint density at radius 3 is 2.19 bits per heavy atom. The quantitative estimate of drug-likeness (QED) is 0.250. The predicted octanol–water partition coefficient (Wildman–Crippen LogP) is 4.93. The zero-order chi connectivity index (χ0) is 30.7. The second-order valence-corrected chi connectivity index (χ2v) is 11.7. The van der Waals surface area contributed by atoms with Gasteiger partial charge in [0.25, 0.3) is 10.0 Å². The van der Waals surface area contributed by atoms with Crippen molar-refractivity contribution in [1.29, 1.82) is 0 Å². The first-order valence-corrected chi connectivity index (χ1v) is 15.5. The molecule has 226 valence electrons. The van der Waals surface area contributed by atoms with Gasteiger partial charge in [0.15, 0.2) is 11.5 Å². The molecule has 0 fully saturated rings. The molecule has 0 aromatic heterocycles. The Morgan fingerprint density at radius 1 is 0.905 bits per heavy atom. The van der Waals surface area contributed by atoms with E-state index >= 15 is 0 Å². The minimum atomic E-state index is -4.24. The zero-order valence-electron chi connectivity index (χ0n) is 25.0. The summed E-state index contributed by atoms with van der Waals surface area (Å²) in [6, 6.07) is 19.6.